The molecule has 27 heavy (non-hydrogen) atoms. The lowest BCUT2D eigenvalue weighted by Crippen LogP contribution is -2.08. The summed E-state index contributed by atoms with van der Waals surface area (Å²) in [6.07, 6.45) is 3.62. The largest absolute Gasteiger partial charge is 0.456 e. The van der Waals surface area contributed by atoms with Gasteiger partial charge >= 0.3 is 0 Å². The van der Waals surface area contributed by atoms with Gasteiger partial charge < -0.3 is 4.42 Å². The topological polar surface area (TPSA) is 84.7 Å². The molecule has 0 atom stereocenters. The van der Waals surface area contributed by atoms with Crippen LogP contribution in [0.4, 0.5) is 0 Å². The van der Waals surface area contributed by atoms with Crippen LogP contribution in [0.3, 0.4) is 0 Å². The number of fused-ring (bicyclic) bond motifs is 2. The highest BCUT2D eigenvalue weighted by Crippen LogP contribution is 2.35. The van der Waals surface area contributed by atoms with Crippen LogP contribution in [0, 0.1) is 6.92 Å². The van der Waals surface area contributed by atoms with E-state index in [4.69, 9.17) is 4.42 Å². The maximum absolute atomic E-state index is 13.1. The molecule has 2 aromatic heterocycles. The van der Waals surface area contributed by atoms with Gasteiger partial charge in [0.25, 0.3) is 0 Å². The van der Waals surface area contributed by atoms with Gasteiger partial charge in [0.05, 0.1) is 5.39 Å². The Balaban J connectivity index is 1.67. The molecule has 2 heterocycles. The van der Waals surface area contributed by atoms with Crippen molar-refractivity contribution in [2.75, 3.05) is 0 Å². The number of aromatic nitrogens is 4. The monoisotopic (exact) mass is 356 g/mol. The van der Waals surface area contributed by atoms with Crippen molar-refractivity contribution in [1.82, 2.24) is 20.6 Å². The number of allylic oxidation sites excluding steroid dienone is 1. The normalized spacial score (nSPS) is 14.8. The number of benzene rings is 2. The van der Waals surface area contributed by atoms with E-state index in [2.05, 4.69) is 45.8 Å². The van der Waals surface area contributed by atoms with Gasteiger partial charge in [-0.1, -0.05) is 24.3 Å². The summed E-state index contributed by atoms with van der Waals surface area (Å²) in [6.45, 7) is 2.08. The van der Waals surface area contributed by atoms with Crippen molar-refractivity contribution >= 4 is 22.6 Å². The Bertz CT molecular complexity index is 1250. The summed E-state index contributed by atoms with van der Waals surface area (Å²) in [5, 5.41) is 14.5. The number of tetrazole rings is 1. The van der Waals surface area contributed by atoms with Gasteiger partial charge in [-0.05, 0) is 66.0 Å². The summed E-state index contributed by atoms with van der Waals surface area (Å²) < 4.78 is 6.15. The Hall–Kier alpha value is -3.54. The lowest BCUT2D eigenvalue weighted by atomic mass is 10.0. The van der Waals surface area contributed by atoms with Crippen molar-refractivity contribution in [2.24, 2.45) is 0 Å². The molecule has 0 saturated heterocycles. The second kappa shape index (κ2) is 6.02. The van der Waals surface area contributed by atoms with Crippen molar-refractivity contribution in [1.29, 1.82) is 0 Å². The molecular weight excluding hydrogens is 340 g/mol. The molecule has 0 unspecified atom stereocenters. The van der Waals surface area contributed by atoms with Crippen LogP contribution in [0.2, 0.25) is 0 Å². The van der Waals surface area contributed by atoms with Crippen molar-refractivity contribution < 1.29 is 4.42 Å². The zero-order chi connectivity index (χ0) is 18.4. The van der Waals surface area contributed by atoms with Crippen LogP contribution in [-0.2, 0) is 6.42 Å². The van der Waals surface area contributed by atoms with Crippen LogP contribution < -0.4 is 5.43 Å². The first-order chi connectivity index (χ1) is 13.2. The van der Waals surface area contributed by atoms with Gasteiger partial charge in [0.1, 0.15) is 11.3 Å². The molecule has 0 saturated carbocycles. The summed E-state index contributed by atoms with van der Waals surface area (Å²) >= 11 is 0. The molecule has 0 bridgehead atoms. The molecule has 0 fully saturated rings. The number of nitrogens with zero attached hydrogens (tertiary/aromatic N) is 3. The van der Waals surface area contributed by atoms with Crippen LogP contribution in [0.15, 0.2) is 51.7 Å². The molecule has 1 aliphatic carbocycles. The Morgan fingerprint density at radius 1 is 1.15 bits per heavy atom. The van der Waals surface area contributed by atoms with E-state index in [0.29, 0.717) is 29.0 Å². The minimum Gasteiger partial charge on any atom is -0.456 e. The molecule has 0 aliphatic heterocycles. The summed E-state index contributed by atoms with van der Waals surface area (Å²) in [6, 6.07) is 13.6. The van der Waals surface area contributed by atoms with E-state index in [1.54, 1.807) is 12.1 Å². The Morgan fingerprint density at radius 2 is 2.04 bits per heavy atom. The predicted molar refractivity (Wildman–Crippen MR) is 103 cm³/mol. The van der Waals surface area contributed by atoms with Crippen LogP contribution in [0.25, 0.3) is 34.0 Å². The van der Waals surface area contributed by atoms with Crippen LogP contribution in [0.1, 0.15) is 28.9 Å². The fourth-order valence-corrected chi connectivity index (χ4v) is 3.59. The average Bonchev–Trinajstić information content (AvgIpc) is 3.34. The Morgan fingerprint density at radius 3 is 2.85 bits per heavy atom. The smallest absolute Gasteiger partial charge is 0.204 e. The number of hydrogen-bond donors (Lipinski definition) is 1. The van der Waals surface area contributed by atoms with E-state index >= 15 is 0 Å². The molecule has 5 rings (SSSR count). The predicted octanol–water partition coefficient (Wildman–Crippen LogP) is 3.77. The van der Waals surface area contributed by atoms with Crippen LogP contribution in [-0.4, -0.2) is 20.6 Å². The zero-order valence-electron chi connectivity index (χ0n) is 14.7. The third kappa shape index (κ3) is 2.57. The van der Waals surface area contributed by atoms with Gasteiger partial charge in [-0.25, -0.2) is 0 Å². The van der Waals surface area contributed by atoms with Crippen LogP contribution >= 0.6 is 0 Å². The Kier molecular flexibility index (Phi) is 3.50. The van der Waals surface area contributed by atoms with Crippen molar-refractivity contribution in [3.05, 3.63) is 75.1 Å². The fraction of sp³-hybridized carbons (Fsp3) is 0.143. The van der Waals surface area contributed by atoms with Crippen LogP contribution in [0.5, 0.6) is 0 Å². The molecule has 0 amide bonds. The first-order valence-corrected chi connectivity index (χ1v) is 8.81. The lowest BCUT2D eigenvalue weighted by molar-refractivity contribution is 0.585. The lowest BCUT2D eigenvalue weighted by Gasteiger charge is -2.06. The number of nitrogens with one attached hydrogen (secondary N) is 1. The molecule has 0 spiro atoms. The minimum atomic E-state index is 0.0183. The second-order valence-corrected chi connectivity index (χ2v) is 6.71. The summed E-state index contributed by atoms with van der Waals surface area (Å²) in [5.74, 6) is 1.17. The van der Waals surface area contributed by atoms with Crippen molar-refractivity contribution in [2.45, 2.75) is 19.8 Å². The summed E-state index contributed by atoms with van der Waals surface area (Å²) in [5.41, 5.74) is 5.49. The first-order valence-electron chi connectivity index (χ1n) is 8.81. The van der Waals surface area contributed by atoms with Gasteiger partial charge in [-0.15, -0.1) is 10.2 Å². The van der Waals surface area contributed by atoms with Gasteiger partial charge in [-0.3, -0.25) is 4.79 Å². The fourth-order valence-electron chi connectivity index (χ4n) is 3.59. The molecule has 132 valence electrons. The van der Waals surface area contributed by atoms with E-state index in [-0.39, 0.29) is 5.43 Å². The van der Waals surface area contributed by atoms with E-state index in [1.165, 1.54) is 5.56 Å². The summed E-state index contributed by atoms with van der Waals surface area (Å²) in [7, 11) is 0. The van der Waals surface area contributed by atoms with Gasteiger partial charge in [0, 0.05) is 11.1 Å². The maximum Gasteiger partial charge on any atom is 0.204 e. The molecule has 2 aromatic carbocycles. The quantitative estimate of drug-likeness (QED) is 0.591. The maximum atomic E-state index is 13.1. The van der Waals surface area contributed by atoms with Gasteiger partial charge in [-0.2, -0.15) is 5.21 Å². The highest BCUT2D eigenvalue weighted by molar-refractivity contribution is 5.88. The minimum absolute atomic E-state index is 0.0183. The van der Waals surface area contributed by atoms with Crippen molar-refractivity contribution in [3.8, 4) is 11.4 Å². The van der Waals surface area contributed by atoms with E-state index in [1.807, 2.05) is 18.2 Å². The number of hydrogen-bond acceptors (Lipinski definition) is 5. The molecule has 1 N–H and O–H groups in total. The summed E-state index contributed by atoms with van der Waals surface area (Å²) in [4.78, 5) is 13.1. The van der Waals surface area contributed by atoms with E-state index in [9.17, 15) is 4.79 Å². The highest BCUT2D eigenvalue weighted by atomic mass is 16.3. The molecular formula is C21H16N4O2. The number of aromatic amines is 1. The highest BCUT2D eigenvalue weighted by Gasteiger charge is 2.24. The third-order valence-electron chi connectivity index (χ3n) is 5.04. The third-order valence-corrected chi connectivity index (χ3v) is 5.04. The molecule has 0 radical (unpaired) electrons. The molecule has 4 aromatic rings. The molecule has 6 heteroatoms. The first kappa shape index (κ1) is 15.7. The van der Waals surface area contributed by atoms with E-state index in [0.717, 1.165) is 28.7 Å². The number of H-pyrrole nitrogens is 1. The Labute approximate surface area is 154 Å². The number of aryl methyl sites for hydroxylation is 1. The average molecular weight is 356 g/mol. The number of rotatable bonds is 2. The van der Waals surface area contributed by atoms with Gasteiger partial charge in [0.15, 0.2) is 5.43 Å². The second-order valence-electron chi connectivity index (χ2n) is 6.71. The zero-order valence-corrected chi connectivity index (χ0v) is 14.7. The van der Waals surface area contributed by atoms with Crippen molar-refractivity contribution in [3.63, 3.8) is 0 Å². The molecule has 6 nitrogen and oxygen atoms in total. The van der Waals surface area contributed by atoms with E-state index < -0.39 is 0 Å². The standard InChI is InChI=1S/C21H16N4O2/c1-12-4-2-3-5-13(12)10-14-6-8-16-19(26)17-11-15(21-22-24-25-23-21)7-9-18(17)27-20(14)16/h2-5,7,9-11H,6,8H2,1H3,(H,22,23,24,25)/b14-10+. The van der Waals surface area contributed by atoms with Gasteiger partial charge in [0.2, 0.25) is 5.82 Å². The molecule has 1 aliphatic rings. The SMILES string of the molecule is Cc1ccccc1/C=C1\CCc2c1oc1ccc(-c3nn[nH]n3)cc1c2=O.